The van der Waals surface area contributed by atoms with Gasteiger partial charge in [-0.3, -0.25) is 10.0 Å². The molecule has 3 rings (SSSR count). The SMILES string of the molecule is COc1ccc(S(=O)(=O)c2ncccc2CNC(Cc2cnc(C)[nH]2)C(=O)NO)cc1.Cl. The Morgan fingerprint density at radius 3 is 2.53 bits per heavy atom. The van der Waals surface area contributed by atoms with Gasteiger partial charge in [-0.1, -0.05) is 6.07 Å². The van der Waals surface area contributed by atoms with Crippen LogP contribution in [0.3, 0.4) is 0 Å². The lowest BCUT2D eigenvalue weighted by Gasteiger charge is -2.17. The molecule has 10 nitrogen and oxygen atoms in total. The zero-order valence-electron chi connectivity index (χ0n) is 17.4. The number of hydrogen-bond donors (Lipinski definition) is 4. The molecule has 0 aliphatic carbocycles. The molecule has 0 saturated carbocycles. The number of amides is 1. The van der Waals surface area contributed by atoms with Crippen LogP contribution in [0.1, 0.15) is 17.1 Å². The largest absolute Gasteiger partial charge is 0.497 e. The van der Waals surface area contributed by atoms with Crippen molar-refractivity contribution in [2.75, 3.05) is 7.11 Å². The Bertz CT molecular complexity index is 1150. The molecule has 1 unspecified atom stereocenters. The Balaban J connectivity index is 0.00000363. The van der Waals surface area contributed by atoms with Gasteiger partial charge in [-0.25, -0.2) is 23.9 Å². The van der Waals surface area contributed by atoms with Crippen molar-refractivity contribution in [3.8, 4) is 5.75 Å². The summed E-state index contributed by atoms with van der Waals surface area (Å²) in [4.78, 5) is 23.4. The molecule has 1 atom stereocenters. The Kier molecular flexibility index (Phi) is 8.72. The smallest absolute Gasteiger partial charge is 0.260 e. The third-order valence-electron chi connectivity index (χ3n) is 4.62. The second kappa shape index (κ2) is 11.0. The van der Waals surface area contributed by atoms with Gasteiger partial charge >= 0.3 is 0 Å². The number of rotatable bonds is 9. The number of carbonyl (C=O) groups is 1. The molecule has 0 saturated heterocycles. The number of imidazole rings is 1. The van der Waals surface area contributed by atoms with Crippen LogP contribution < -0.4 is 15.5 Å². The number of aromatic nitrogens is 3. The summed E-state index contributed by atoms with van der Waals surface area (Å²) in [5, 5.41) is 11.9. The van der Waals surface area contributed by atoms with E-state index in [1.807, 2.05) is 0 Å². The third-order valence-corrected chi connectivity index (χ3v) is 6.39. The molecule has 0 radical (unpaired) electrons. The van der Waals surface area contributed by atoms with Gasteiger partial charge in [0.05, 0.1) is 18.0 Å². The highest BCUT2D eigenvalue weighted by molar-refractivity contribution is 7.91. The summed E-state index contributed by atoms with van der Waals surface area (Å²) < 4.78 is 31.3. The highest BCUT2D eigenvalue weighted by Crippen LogP contribution is 2.24. The van der Waals surface area contributed by atoms with Crippen LogP contribution >= 0.6 is 12.4 Å². The molecule has 4 N–H and O–H groups in total. The van der Waals surface area contributed by atoms with Crippen LogP contribution in [-0.4, -0.2) is 47.6 Å². The molecule has 32 heavy (non-hydrogen) atoms. The number of ether oxygens (including phenoxy) is 1. The van der Waals surface area contributed by atoms with Gasteiger partial charge < -0.3 is 15.0 Å². The maximum atomic E-state index is 13.1. The van der Waals surface area contributed by atoms with Crippen LogP contribution in [-0.2, 0) is 27.6 Å². The number of methoxy groups -OCH3 is 1. The van der Waals surface area contributed by atoms with Gasteiger partial charge in [-0.05, 0) is 37.3 Å². The molecule has 3 aromatic rings. The average molecular weight is 482 g/mol. The van der Waals surface area contributed by atoms with Crippen LogP contribution in [0.5, 0.6) is 5.75 Å². The number of carbonyl (C=O) groups excluding carboxylic acids is 1. The van der Waals surface area contributed by atoms with E-state index in [1.165, 1.54) is 25.4 Å². The van der Waals surface area contributed by atoms with Crippen molar-refractivity contribution in [2.24, 2.45) is 0 Å². The average Bonchev–Trinajstić information content (AvgIpc) is 3.20. The van der Waals surface area contributed by atoms with E-state index in [4.69, 9.17) is 9.94 Å². The number of nitrogens with one attached hydrogen (secondary N) is 3. The molecular formula is C20H24ClN5O5S. The highest BCUT2D eigenvalue weighted by Gasteiger charge is 2.25. The lowest BCUT2D eigenvalue weighted by Crippen LogP contribution is -2.44. The van der Waals surface area contributed by atoms with Gasteiger partial charge in [0.2, 0.25) is 9.84 Å². The fourth-order valence-electron chi connectivity index (χ4n) is 3.03. The summed E-state index contributed by atoms with van der Waals surface area (Å²) in [6.07, 6.45) is 3.21. The molecule has 172 valence electrons. The monoisotopic (exact) mass is 481 g/mol. The Morgan fingerprint density at radius 2 is 1.94 bits per heavy atom. The second-order valence-corrected chi connectivity index (χ2v) is 8.62. The number of hydrogen-bond acceptors (Lipinski definition) is 8. The number of aromatic amines is 1. The lowest BCUT2D eigenvalue weighted by molar-refractivity contribution is -0.131. The number of aryl methyl sites for hydroxylation is 1. The van der Waals surface area contributed by atoms with E-state index in [0.29, 0.717) is 22.8 Å². The number of benzene rings is 1. The third kappa shape index (κ3) is 5.82. The Labute approximate surface area is 191 Å². The highest BCUT2D eigenvalue weighted by atomic mass is 35.5. The maximum Gasteiger partial charge on any atom is 0.260 e. The van der Waals surface area contributed by atoms with E-state index in [9.17, 15) is 13.2 Å². The van der Waals surface area contributed by atoms with E-state index in [-0.39, 0.29) is 35.3 Å². The summed E-state index contributed by atoms with van der Waals surface area (Å²) in [6.45, 7) is 1.81. The van der Waals surface area contributed by atoms with Crippen molar-refractivity contribution >= 4 is 28.2 Å². The molecule has 0 aliphatic rings. The van der Waals surface area contributed by atoms with Crippen molar-refractivity contribution in [3.63, 3.8) is 0 Å². The quantitative estimate of drug-likeness (QED) is 0.266. The summed E-state index contributed by atoms with van der Waals surface area (Å²) in [7, 11) is -2.40. The number of hydroxylamine groups is 1. The zero-order chi connectivity index (χ0) is 22.4. The summed E-state index contributed by atoms with van der Waals surface area (Å²) in [5.74, 6) is 0.572. The van der Waals surface area contributed by atoms with E-state index >= 15 is 0 Å². The number of nitrogens with zero attached hydrogens (tertiary/aromatic N) is 2. The van der Waals surface area contributed by atoms with Crippen LogP contribution in [0.25, 0.3) is 0 Å². The standard InChI is InChI=1S/C20H23N5O5S.ClH/c1-13-22-12-15(24-13)10-18(19(26)25-27)23-11-14-4-3-9-21-20(14)31(28,29)17-7-5-16(30-2)6-8-17;/h3-9,12,18,23,27H,10-11H2,1-2H3,(H,22,24)(H,25,26);1H. The van der Waals surface area contributed by atoms with Crippen molar-refractivity contribution < 1.29 is 23.2 Å². The number of halogens is 1. The first-order chi connectivity index (χ1) is 14.8. The van der Waals surface area contributed by atoms with Crippen molar-refractivity contribution in [1.82, 2.24) is 25.7 Å². The molecule has 12 heteroatoms. The predicted octanol–water partition coefficient (Wildman–Crippen LogP) is 1.58. The molecule has 2 heterocycles. The molecule has 2 aromatic heterocycles. The molecule has 0 spiro atoms. The fourth-order valence-corrected chi connectivity index (χ4v) is 4.43. The van der Waals surface area contributed by atoms with Crippen LogP contribution in [0, 0.1) is 6.92 Å². The van der Waals surface area contributed by atoms with Crippen LogP contribution in [0.4, 0.5) is 0 Å². The molecule has 0 bridgehead atoms. The Morgan fingerprint density at radius 1 is 1.22 bits per heavy atom. The first-order valence-corrected chi connectivity index (χ1v) is 10.8. The van der Waals surface area contributed by atoms with Crippen LogP contribution in [0.15, 0.2) is 58.7 Å². The minimum absolute atomic E-state index is 0. The molecule has 1 aromatic carbocycles. The number of H-pyrrole nitrogens is 1. The maximum absolute atomic E-state index is 13.1. The molecule has 0 fully saturated rings. The van der Waals surface area contributed by atoms with Crippen molar-refractivity contribution in [2.45, 2.75) is 35.9 Å². The summed E-state index contributed by atoms with van der Waals surface area (Å²) >= 11 is 0. The minimum atomic E-state index is -3.90. The summed E-state index contributed by atoms with van der Waals surface area (Å²) in [6, 6.07) is 8.41. The van der Waals surface area contributed by atoms with E-state index in [2.05, 4.69) is 20.3 Å². The molecule has 0 aliphatic heterocycles. The van der Waals surface area contributed by atoms with Crippen LogP contribution in [0.2, 0.25) is 0 Å². The van der Waals surface area contributed by atoms with E-state index in [0.717, 1.165) is 0 Å². The molecule has 1 amide bonds. The van der Waals surface area contributed by atoms with Gasteiger partial charge in [-0.2, -0.15) is 0 Å². The van der Waals surface area contributed by atoms with E-state index < -0.39 is 21.8 Å². The topological polar surface area (TPSA) is 146 Å². The Hall–Kier alpha value is -2.99. The summed E-state index contributed by atoms with van der Waals surface area (Å²) in [5.41, 5.74) is 2.70. The van der Waals surface area contributed by atoms with Gasteiger partial charge in [0.15, 0.2) is 5.03 Å². The van der Waals surface area contributed by atoms with Gasteiger partial charge in [0.1, 0.15) is 11.6 Å². The first kappa shape index (κ1) is 25.3. The van der Waals surface area contributed by atoms with Crippen molar-refractivity contribution in [1.29, 1.82) is 0 Å². The minimum Gasteiger partial charge on any atom is -0.497 e. The first-order valence-electron chi connectivity index (χ1n) is 9.36. The number of pyridine rings is 1. The van der Waals surface area contributed by atoms with Crippen molar-refractivity contribution in [3.05, 3.63) is 65.9 Å². The van der Waals surface area contributed by atoms with Gasteiger partial charge in [0.25, 0.3) is 5.91 Å². The molecular weight excluding hydrogens is 458 g/mol. The lowest BCUT2D eigenvalue weighted by atomic mass is 10.1. The number of sulfone groups is 1. The zero-order valence-corrected chi connectivity index (χ0v) is 19.0. The van der Waals surface area contributed by atoms with Gasteiger partial charge in [0, 0.05) is 36.6 Å². The normalized spacial score (nSPS) is 12.0. The predicted molar refractivity (Wildman–Crippen MR) is 118 cm³/mol. The second-order valence-electron chi connectivity index (χ2n) is 6.75. The van der Waals surface area contributed by atoms with E-state index in [1.54, 1.807) is 42.9 Å². The van der Waals surface area contributed by atoms with Gasteiger partial charge in [-0.15, -0.1) is 12.4 Å². The fraction of sp³-hybridized carbons (Fsp3) is 0.250.